The Hall–Kier alpha value is -4.96. The predicted octanol–water partition coefficient (Wildman–Crippen LogP) is 5.85. The van der Waals surface area contributed by atoms with E-state index in [-0.39, 0.29) is 0 Å². The molecule has 0 aliphatic rings. The number of hydrogen-bond acceptors (Lipinski definition) is 9. The number of anilines is 1. The van der Waals surface area contributed by atoms with E-state index in [2.05, 4.69) is 10.3 Å². The highest BCUT2D eigenvalue weighted by Crippen LogP contribution is 2.33. The van der Waals surface area contributed by atoms with Gasteiger partial charge in [-0.25, -0.2) is 14.8 Å². The van der Waals surface area contributed by atoms with Gasteiger partial charge in [-0.05, 0) is 54.6 Å². The lowest BCUT2D eigenvalue weighted by Gasteiger charge is -2.12. The molecule has 2 aromatic heterocycles. The number of carbonyl (C=O) groups is 2. The van der Waals surface area contributed by atoms with Crippen LogP contribution in [0, 0.1) is 0 Å². The lowest BCUT2D eigenvalue weighted by molar-refractivity contribution is -0.119. The molecule has 10 heteroatoms. The van der Waals surface area contributed by atoms with Gasteiger partial charge in [-0.1, -0.05) is 18.2 Å². The van der Waals surface area contributed by atoms with Gasteiger partial charge in [-0.15, -0.1) is 11.3 Å². The van der Waals surface area contributed by atoms with Crippen molar-refractivity contribution in [1.29, 1.82) is 0 Å². The number of esters is 1. The van der Waals surface area contributed by atoms with Gasteiger partial charge in [-0.3, -0.25) is 10.1 Å². The molecule has 0 unspecified atom stereocenters. The summed E-state index contributed by atoms with van der Waals surface area (Å²) in [5.74, 6) is 0.713. The zero-order valence-electron chi connectivity index (χ0n) is 22.0. The monoisotopic (exact) mass is 555 g/mol. The van der Waals surface area contributed by atoms with E-state index in [1.807, 2.05) is 53.9 Å². The van der Waals surface area contributed by atoms with Crippen LogP contribution < -0.4 is 19.5 Å². The van der Waals surface area contributed by atoms with E-state index < -0.39 is 18.5 Å². The number of amides is 1. The van der Waals surface area contributed by atoms with Gasteiger partial charge < -0.3 is 18.9 Å². The minimum absolute atomic E-state index is 0.291. The third-order valence-electron chi connectivity index (χ3n) is 6.09. The Bertz CT molecular complexity index is 1680. The Morgan fingerprint density at radius 3 is 2.30 bits per heavy atom. The van der Waals surface area contributed by atoms with Crippen LogP contribution in [0.2, 0.25) is 0 Å². The SMILES string of the molecule is COc1ccc(-c2csc(NC(=O)COC(=O)c3cc(-c4ccc(OC)c(OC)c4)nc4ccccc34)n2)cc1. The van der Waals surface area contributed by atoms with Gasteiger partial charge in [-0.2, -0.15) is 0 Å². The maximum atomic E-state index is 13.2. The maximum Gasteiger partial charge on any atom is 0.339 e. The van der Waals surface area contributed by atoms with Crippen molar-refractivity contribution in [2.75, 3.05) is 33.3 Å². The summed E-state index contributed by atoms with van der Waals surface area (Å²) in [4.78, 5) is 34.9. The molecule has 0 atom stereocenters. The van der Waals surface area contributed by atoms with E-state index in [9.17, 15) is 9.59 Å². The Morgan fingerprint density at radius 1 is 0.800 bits per heavy atom. The molecule has 0 saturated heterocycles. The first-order valence-corrected chi connectivity index (χ1v) is 13.1. The summed E-state index contributed by atoms with van der Waals surface area (Å²) in [5, 5.41) is 5.54. The van der Waals surface area contributed by atoms with Crippen LogP contribution >= 0.6 is 11.3 Å². The smallest absolute Gasteiger partial charge is 0.339 e. The van der Waals surface area contributed by atoms with Crippen molar-refractivity contribution in [1.82, 2.24) is 9.97 Å². The molecule has 0 spiro atoms. The predicted molar refractivity (Wildman–Crippen MR) is 153 cm³/mol. The summed E-state index contributed by atoms with van der Waals surface area (Å²) in [5.41, 5.74) is 3.78. The van der Waals surface area contributed by atoms with Crippen LogP contribution in [0.3, 0.4) is 0 Å². The summed E-state index contributed by atoms with van der Waals surface area (Å²) in [6.07, 6.45) is 0. The summed E-state index contributed by atoms with van der Waals surface area (Å²) < 4.78 is 21.3. The Morgan fingerprint density at radius 2 is 1.55 bits per heavy atom. The highest BCUT2D eigenvalue weighted by molar-refractivity contribution is 7.14. The molecule has 2 heterocycles. The van der Waals surface area contributed by atoms with Crippen molar-refractivity contribution in [3.63, 3.8) is 0 Å². The Kier molecular flexibility index (Phi) is 7.88. The number of aromatic nitrogens is 2. The second-order valence-electron chi connectivity index (χ2n) is 8.53. The van der Waals surface area contributed by atoms with E-state index in [0.717, 1.165) is 16.9 Å². The molecule has 202 valence electrons. The molecule has 0 aliphatic carbocycles. The molecule has 1 amide bonds. The second-order valence-corrected chi connectivity index (χ2v) is 9.39. The number of pyridine rings is 1. The summed E-state index contributed by atoms with van der Waals surface area (Å²) in [7, 11) is 4.71. The van der Waals surface area contributed by atoms with Crippen LogP contribution in [0.25, 0.3) is 33.4 Å². The maximum absolute atomic E-state index is 13.2. The van der Waals surface area contributed by atoms with E-state index in [1.54, 1.807) is 45.6 Å². The first-order chi connectivity index (χ1) is 19.5. The third kappa shape index (κ3) is 5.71. The van der Waals surface area contributed by atoms with E-state index >= 15 is 0 Å². The molecule has 5 rings (SSSR count). The average Bonchev–Trinajstić information content (AvgIpc) is 3.47. The normalized spacial score (nSPS) is 10.7. The van der Waals surface area contributed by atoms with Gasteiger partial charge in [0.1, 0.15) is 5.75 Å². The second kappa shape index (κ2) is 11.8. The molecule has 1 N–H and O–H groups in total. The molecule has 3 aromatic carbocycles. The molecule has 0 aliphatic heterocycles. The molecular weight excluding hydrogens is 530 g/mol. The van der Waals surface area contributed by atoms with Crippen molar-refractivity contribution in [2.45, 2.75) is 0 Å². The van der Waals surface area contributed by atoms with Gasteiger partial charge in [0.2, 0.25) is 0 Å². The van der Waals surface area contributed by atoms with Crippen molar-refractivity contribution < 1.29 is 28.5 Å². The van der Waals surface area contributed by atoms with Crippen LogP contribution in [0.5, 0.6) is 17.2 Å². The highest BCUT2D eigenvalue weighted by Gasteiger charge is 2.18. The first kappa shape index (κ1) is 26.6. The van der Waals surface area contributed by atoms with Gasteiger partial charge in [0.15, 0.2) is 23.2 Å². The van der Waals surface area contributed by atoms with Crippen molar-refractivity contribution in [3.8, 4) is 39.8 Å². The topological polar surface area (TPSA) is 109 Å². The number of thiazole rings is 1. The summed E-state index contributed by atoms with van der Waals surface area (Å²) >= 11 is 1.28. The third-order valence-corrected chi connectivity index (χ3v) is 6.84. The fourth-order valence-electron chi connectivity index (χ4n) is 4.08. The Labute approximate surface area is 234 Å². The summed E-state index contributed by atoms with van der Waals surface area (Å²) in [6, 6.07) is 21.7. The first-order valence-electron chi connectivity index (χ1n) is 12.2. The number of ether oxygens (including phenoxy) is 4. The molecule has 0 fully saturated rings. The Balaban J connectivity index is 1.31. The van der Waals surface area contributed by atoms with Crippen LogP contribution in [0.1, 0.15) is 10.4 Å². The van der Waals surface area contributed by atoms with Gasteiger partial charge in [0.25, 0.3) is 5.91 Å². The van der Waals surface area contributed by atoms with Crippen molar-refractivity contribution >= 4 is 39.2 Å². The number of benzene rings is 3. The zero-order valence-corrected chi connectivity index (χ0v) is 22.8. The fraction of sp³-hybridized carbons (Fsp3) is 0.133. The van der Waals surface area contributed by atoms with Crippen LogP contribution in [-0.4, -0.2) is 49.8 Å². The van der Waals surface area contributed by atoms with E-state index in [1.165, 1.54) is 11.3 Å². The van der Waals surface area contributed by atoms with Crippen molar-refractivity contribution in [2.24, 2.45) is 0 Å². The number of nitrogens with zero attached hydrogens (tertiary/aromatic N) is 2. The number of fused-ring (bicyclic) bond motifs is 1. The number of carbonyl (C=O) groups excluding carboxylic acids is 2. The van der Waals surface area contributed by atoms with Gasteiger partial charge in [0, 0.05) is 21.9 Å². The van der Waals surface area contributed by atoms with Crippen LogP contribution in [0.4, 0.5) is 5.13 Å². The number of hydrogen-bond donors (Lipinski definition) is 1. The van der Waals surface area contributed by atoms with E-state index in [4.69, 9.17) is 23.9 Å². The molecule has 0 bridgehead atoms. The zero-order chi connectivity index (χ0) is 28.1. The van der Waals surface area contributed by atoms with E-state index in [0.29, 0.717) is 44.5 Å². The minimum Gasteiger partial charge on any atom is -0.497 e. The number of rotatable bonds is 9. The summed E-state index contributed by atoms with van der Waals surface area (Å²) in [6.45, 7) is -0.474. The fourth-order valence-corrected chi connectivity index (χ4v) is 4.81. The lowest BCUT2D eigenvalue weighted by Crippen LogP contribution is -2.21. The number of para-hydroxylation sites is 1. The number of nitrogens with one attached hydrogen (secondary N) is 1. The molecule has 0 saturated carbocycles. The molecule has 0 radical (unpaired) electrons. The highest BCUT2D eigenvalue weighted by atomic mass is 32.1. The average molecular weight is 556 g/mol. The standard InChI is InChI=1S/C30H25N3O6S/c1-36-20-11-8-18(9-12-20)25-17-40-30(32-25)33-28(34)16-39-29(35)22-15-24(31-23-7-5-4-6-21(22)23)19-10-13-26(37-2)27(14-19)38-3/h4-15,17H,16H2,1-3H3,(H,32,33,34). The van der Waals surface area contributed by atoms with Crippen LogP contribution in [0.15, 0.2) is 78.2 Å². The van der Waals surface area contributed by atoms with Crippen molar-refractivity contribution in [3.05, 3.63) is 83.7 Å². The quantitative estimate of drug-likeness (QED) is 0.226. The molecule has 5 aromatic rings. The lowest BCUT2D eigenvalue weighted by atomic mass is 10.0. The van der Waals surface area contributed by atoms with Gasteiger partial charge >= 0.3 is 5.97 Å². The number of methoxy groups -OCH3 is 3. The largest absolute Gasteiger partial charge is 0.497 e. The van der Waals surface area contributed by atoms with Gasteiger partial charge in [0.05, 0.1) is 43.8 Å². The molecular formula is C30H25N3O6S. The molecule has 9 nitrogen and oxygen atoms in total. The minimum atomic E-state index is -0.645. The molecule has 40 heavy (non-hydrogen) atoms. The van der Waals surface area contributed by atoms with Crippen LogP contribution in [-0.2, 0) is 9.53 Å².